The van der Waals surface area contributed by atoms with Crippen LogP contribution in [0, 0.1) is 6.92 Å². The Hall–Kier alpha value is -2.30. The third-order valence-corrected chi connectivity index (χ3v) is 5.75. The van der Waals surface area contributed by atoms with Gasteiger partial charge in [-0.2, -0.15) is 0 Å². The summed E-state index contributed by atoms with van der Waals surface area (Å²) in [5, 5.41) is 0. The van der Waals surface area contributed by atoms with Crippen LogP contribution >= 0.6 is 0 Å². The van der Waals surface area contributed by atoms with Gasteiger partial charge < -0.3 is 14.2 Å². The summed E-state index contributed by atoms with van der Waals surface area (Å²) in [4.78, 5) is 19.6. The fourth-order valence-corrected chi connectivity index (χ4v) is 4.04. The molecule has 1 amide bonds. The van der Waals surface area contributed by atoms with Crippen LogP contribution in [0.4, 0.5) is 0 Å². The van der Waals surface area contributed by atoms with Gasteiger partial charge in [0.1, 0.15) is 5.75 Å². The van der Waals surface area contributed by atoms with Crippen LogP contribution in [0.15, 0.2) is 36.9 Å². The van der Waals surface area contributed by atoms with E-state index in [9.17, 15) is 4.79 Å². The molecule has 1 aromatic heterocycles. The first-order valence-corrected chi connectivity index (χ1v) is 9.06. The predicted octanol–water partition coefficient (Wildman–Crippen LogP) is 3.10. The molecular weight excluding hydrogens is 314 g/mol. The summed E-state index contributed by atoms with van der Waals surface area (Å²) < 4.78 is 7.60. The molecule has 0 radical (unpaired) electrons. The van der Waals surface area contributed by atoms with Gasteiger partial charge in [0.05, 0.1) is 24.9 Å². The summed E-state index contributed by atoms with van der Waals surface area (Å²) in [6.45, 7) is 3.67. The van der Waals surface area contributed by atoms with Crippen LogP contribution < -0.4 is 4.74 Å². The number of aromatic nitrogens is 2. The van der Waals surface area contributed by atoms with Crippen molar-refractivity contribution >= 4 is 5.91 Å². The Bertz CT molecular complexity index is 765. The molecule has 0 unspecified atom stereocenters. The zero-order chi connectivity index (χ0) is 17.4. The molecule has 1 aromatic carbocycles. The molecule has 1 aliphatic carbocycles. The Morgan fingerprint density at radius 1 is 1.36 bits per heavy atom. The maximum absolute atomic E-state index is 13.3. The predicted molar refractivity (Wildman–Crippen MR) is 95.7 cm³/mol. The fraction of sp³-hybridized carbons (Fsp3) is 0.500. The van der Waals surface area contributed by atoms with Crippen molar-refractivity contribution in [2.45, 2.75) is 44.1 Å². The van der Waals surface area contributed by atoms with Crippen molar-refractivity contribution in [2.75, 3.05) is 20.2 Å². The second-order valence-corrected chi connectivity index (χ2v) is 7.32. The van der Waals surface area contributed by atoms with Crippen molar-refractivity contribution in [1.82, 2.24) is 14.5 Å². The molecule has 2 aliphatic rings. The number of carbonyl (C=O) groups excluding carboxylic acids is 1. The Balaban J connectivity index is 1.55. The topological polar surface area (TPSA) is 47.4 Å². The lowest BCUT2D eigenvalue weighted by Crippen LogP contribution is -2.45. The molecule has 25 heavy (non-hydrogen) atoms. The number of piperidine rings is 1. The highest BCUT2D eigenvalue weighted by atomic mass is 16.5. The standard InChI is InChI=1S/C20H25N3O2/c1-15-5-6-16(12-18(15)25-2)20(7-8-20)19(24)22-10-3-4-17(13-22)23-11-9-21-14-23/h5-6,9,11-12,14,17H,3-4,7-8,10,13H2,1-2H3/t17-/m0/s1. The Morgan fingerprint density at radius 3 is 2.88 bits per heavy atom. The summed E-state index contributed by atoms with van der Waals surface area (Å²) >= 11 is 0. The number of amides is 1. The normalized spacial score (nSPS) is 21.8. The van der Waals surface area contributed by atoms with Crippen LogP contribution in [0.5, 0.6) is 5.75 Å². The molecule has 2 aromatic rings. The van der Waals surface area contributed by atoms with E-state index in [1.807, 2.05) is 25.6 Å². The molecule has 132 valence electrons. The van der Waals surface area contributed by atoms with E-state index in [4.69, 9.17) is 4.74 Å². The Kier molecular flexibility index (Phi) is 4.02. The van der Waals surface area contributed by atoms with Gasteiger partial charge in [0.15, 0.2) is 0 Å². The second-order valence-electron chi connectivity index (χ2n) is 7.32. The van der Waals surface area contributed by atoms with Gasteiger partial charge in [-0.25, -0.2) is 4.98 Å². The molecule has 0 N–H and O–H groups in total. The van der Waals surface area contributed by atoms with E-state index in [1.165, 1.54) is 0 Å². The summed E-state index contributed by atoms with van der Waals surface area (Å²) in [6.07, 6.45) is 9.68. The van der Waals surface area contributed by atoms with Gasteiger partial charge in [-0.15, -0.1) is 0 Å². The number of aryl methyl sites for hydroxylation is 1. The minimum Gasteiger partial charge on any atom is -0.496 e. The third-order valence-electron chi connectivity index (χ3n) is 5.75. The van der Waals surface area contributed by atoms with Crippen LogP contribution in [0.3, 0.4) is 0 Å². The van der Waals surface area contributed by atoms with Gasteiger partial charge in [0.25, 0.3) is 0 Å². The molecule has 0 spiro atoms. The average Bonchev–Trinajstić information content (AvgIpc) is 3.27. The summed E-state index contributed by atoms with van der Waals surface area (Å²) in [7, 11) is 1.69. The van der Waals surface area contributed by atoms with Gasteiger partial charge in [0, 0.05) is 25.5 Å². The van der Waals surface area contributed by atoms with Crippen molar-refractivity contribution < 1.29 is 9.53 Å². The number of likely N-dealkylation sites (tertiary alicyclic amines) is 1. The van der Waals surface area contributed by atoms with E-state index in [0.29, 0.717) is 6.04 Å². The molecule has 0 bridgehead atoms. The minimum absolute atomic E-state index is 0.281. The van der Waals surface area contributed by atoms with E-state index >= 15 is 0 Å². The smallest absolute Gasteiger partial charge is 0.233 e. The highest BCUT2D eigenvalue weighted by molar-refractivity contribution is 5.91. The number of carbonyl (C=O) groups is 1. The van der Waals surface area contributed by atoms with Gasteiger partial charge >= 0.3 is 0 Å². The number of methoxy groups -OCH3 is 1. The maximum Gasteiger partial charge on any atom is 0.233 e. The second kappa shape index (κ2) is 6.21. The molecule has 1 aliphatic heterocycles. The largest absolute Gasteiger partial charge is 0.496 e. The van der Waals surface area contributed by atoms with E-state index in [2.05, 4.69) is 32.7 Å². The number of ether oxygens (including phenoxy) is 1. The van der Waals surface area contributed by atoms with Crippen molar-refractivity contribution in [1.29, 1.82) is 0 Å². The lowest BCUT2D eigenvalue weighted by Gasteiger charge is -2.35. The van der Waals surface area contributed by atoms with E-state index in [1.54, 1.807) is 7.11 Å². The third kappa shape index (κ3) is 2.81. The minimum atomic E-state index is -0.336. The van der Waals surface area contributed by atoms with Gasteiger partial charge in [0.2, 0.25) is 5.91 Å². The molecule has 1 saturated heterocycles. The first-order chi connectivity index (χ1) is 12.1. The average molecular weight is 339 g/mol. The number of imidazole rings is 1. The molecule has 1 atom stereocenters. The van der Waals surface area contributed by atoms with Crippen LogP contribution in [0.25, 0.3) is 0 Å². The molecule has 4 rings (SSSR count). The fourth-order valence-electron chi connectivity index (χ4n) is 4.04. The van der Waals surface area contributed by atoms with Crippen molar-refractivity contribution in [3.63, 3.8) is 0 Å². The van der Waals surface area contributed by atoms with Gasteiger partial charge in [-0.1, -0.05) is 12.1 Å². The monoisotopic (exact) mass is 339 g/mol. The number of rotatable bonds is 4. The number of nitrogens with zero attached hydrogens (tertiary/aromatic N) is 3. The quantitative estimate of drug-likeness (QED) is 0.860. The maximum atomic E-state index is 13.3. The first kappa shape index (κ1) is 16.2. The summed E-state index contributed by atoms with van der Waals surface area (Å²) in [5.41, 5.74) is 1.87. The number of benzene rings is 1. The van der Waals surface area contributed by atoms with Crippen LogP contribution in [-0.4, -0.2) is 40.6 Å². The zero-order valence-electron chi connectivity index (χ0n) is 14.9. The SMILES string of the molecule is COc1cc(C2(C(=O)N3CCC[C@H](n4ccnc4)C3)CC2)ccc1C. The number of hydrogen-bond acceptors (Lipinski definition) is 3. The molecule has 2 fully saturated rings. The highest BCUT2D eigenvalue weighted by Gasteiger charge is 2.53. The molecule has 2 heterocycles. The zero-order valence-corrected chi connectivity index (χ0v) is 14.9. The summed E-state index contributed by atoms with van der Waals surface area (Å²) in [6, 6.07) is 6.55. The molecule has 1 saturated carbocycles. The van der Waals surface area contributed by atoms with Gasteiger partial charge in [-0.05, 0) is 49.8 Å². The lowest BCUT2D eigenvalue weighted by atomic mass is 9.91. The lowest BCUT2D eigenvalue weighted by molar-refractivity contribution is -0.135. The van der Waals surface area contributed by atoms with E-state index in [0.717, 1.165) is 55.6 Å². The highest BCUT2D eigenvalue weighted by Crippen LogP contribution is 2.51. The molecular formula is C20H25N3O2. The Labute approximate surface area is 148 Å². The van der Waals surface area contributed by atoms with Crippen molar-refractivity contribution in [2.24, 2.45) is 0 Å². The molecule has 5 nitrogen and oxygen atoms in total. The van der Waals surface area contributed by atoms with Crippen molar-refractivity contribution in [3.8, 4) is 5.75 Å². The van der Waals surface area contributed by atoms with Crippen molar-refractivity contribution in [3.05, 3.63) is 48.0 Å². The summed E-state index contributed by atoms with van der Waals surface area (Å²) in [5.74, 6) is 1.15. The van der Waals surface area contributed by atoms with Crippen LogP contribution in [0.1, 0.15) is 42.9 Å². The number of hydrogen-bond donors (Lipinski definition) is 0. The first-order valence-electron chi connectivity index (χ1n) is 9.06. The Morgan fingerprint density at radius 2 is 2.20 bits per heavy atom. The van der Waals surface area contributed by atoms with Crippen LogP contribution in [-0.2, 0) is 10.2 Å². The van der Waals surface area contributed by atoms with E-state index < -0.39 is 0 Å². The molecule has 5 heteroatoms. The van der Waals surface area contributed by atoms with Crippen LogP contribution in [0.2, 0.25) is 0 Å². The van der Waals surface area contributed by atoms with Gasteiger partial charge in [-0.3, -0.25) is 4.79 Å². The van der Waals surface area contributed by atoms with E-state index in [-0.39, 0.29) is 11.3 Å².